The van der Waals surface area contributed by atoms with E-state index >= 15 is 0 Å². The highest BCUT2D eigenvalue weighted by atomic mass is 35.5. The van der Waals surface area contributed by atoms with Crippen LogP contribution in [0.15, 0.2) is 30.6 Å². The molecule has 160 valence electrons. The Bertz CT molecular complexity index is 1290. The number of halogens is 2. The second-order valence-electron chi connectivity index (χ2n) is 7.22. The summed E-state index contributed by atoms with van der Waals surface area (Å²) in [6, 6.07) is 9.34. The number of benzene rings is 1. The van der Waals surface area contributed by atoms with Gasteiger partial charge in [-0.2, -0.15) is 15.6 Å². The lowest BCUT2D eigenvalue weighted by molar-refractivity contribution is 0.0940. The number of carbonyl (C=O) groups excluding carboxylic acids is 1. The van der Waals surface area contributed by atoms with Gasteiger partial charge in [0.05, 0.1) is 21.8 Å². The number of nitrogens with one attached hydrogen (secondary N) is 1. The zero-order valence-electron chi connectivity index (χ0n) is 16.9. The van der Waals surface area contributed by atoms with E-state index in [9.17, 15) is 9.18 Å². The number of hydrogen-bond acceptors (Lipinski definition) is 7. The minimum absolute atomic E-state index is 0.0418. The molecule has 3 heterocycles. The van der Waals surface area contributed by atoms with Crippen LogP contribution in [0.5, 0.6) is 0 Å². The minimum atomic E-state index is -0.777. The molecule has 1 fully saturated rings. The molecule has 1 aromatic carbocycles. The first kappa shape index (κ1) is 21.2. The van der Waals surface area contributed by atoms with Crippen LogP contribution in [0.1, 0.15) is 33.9 Å². The van der Waals surface area contributed by atoms with Crippen molar-refractivity contribution in [3.8, 4) is 17.8 Å². The smallest absolute Gasteiger partial charge is 0.253 e. The monoisotopic (exact) mass is 450 g/mol. The Morgan fingerprint density at radius 3 is 2.78 bits per heavy atom. The van der Waals surface area contributed by atoms with Crippen LogP contribution in [0.3, 0.4) is 0 Å². The predicted molar refractivity (Wildman–Crippen MR) is 113 cm³/mol. The van der Waals surface area contributed by atoms with Gasteiger partial charge in [-0.25, -0.2) is 19.0 Å². The third kappa shape index (κ3) is 4.09. The van der Waals surface area contributed by atoms with Gasteiger partial charge in [0.2, 0.25) is 0 Å². The van der Waals surface area contributed by atoms with Crippen LogP contribution in [0.2, 0.25) is 5.02 Å². The molecule has 0 bridgehead atoms. The summed E-state index contributed by atoms with van der Waals surface area (Å²) < 4.78 is 16.1. The minimum Gasteiger partial charge on any atom is -0.352 e. The lowest BCUT2D eigenvalue weighted by Gasteiger charge is -2.19. The topological polar surface area (TPSA) is 124 Å². The Kier molecular flexibility index (Phi) is 5.71. The molecule has 1 amide bonds. The van der Waals surface area contributed by atoms with Gasteiger partial charge < -0.3 is 10.2 Å². The van der Waals surface area contributed by atoms with E-state index in [0.717, 1.165) is 6.07 Å². The predicted octanol–water partition coefficient (Wildman–Crippen LogP) is 2.52. The van der Waals surface area contributed by atoms with E-state index < -0.39 is 5.82 Å². The van der Waals surface area contributed by atoms with Crippen LogP contribution in [0.25, 0.3) is 5.69 Å². The third-order valence-corrected chi connectivity index (χ3v) is 5.38. The molecule has 1 atom stereocenters. The first-order valence-corrected chi connectivity index (χ1v) is 10.0. The Morgan fingerprint density at radius 2 is 2.12 bits per heavy atom. The second kappa shape index (κ2) is 8.61. The van der Waals surface area contributed by atoms with Crippen molar-refractivity contribution in [3.63, 3.8) is 0 Å². The van der Waals surface area contributed by atoms with Crippen molar-refractivity contribution in [2.45, 2.75) is 19.4 Å². The normalized spacial score (nSPS) is 15.3. The molecule has 2 aromatic heterocycles. The standard InChI is InChI=1S/C21H16ClFN8O/c1-12-26-11-31(29-12)16-2-3-17(18(22)7-16)21(32)28-14-4-5-30(10-14)20-19(23)13(8-24)6-15(9-25)27-20/h2-3,6-7,11,14H,4-5,10H2,1H3,(H,28,32). The van der Waals surface area contributed by atoms with Crippen molar-refractivity contribution >= 4 is 23.3 Å². The fraction of sp³-hybridized carbons (Fsp3) is 0.238. The number of anilines is 1. The van der Waals surface area contributed by atoms with Crippen LogP contribution in [0.4, 0.5) is 10.2 Å². The number of aryl methyl sites for hydroxylation is 1. The molecule has 1 saturated heterocycles. The SMILES string of the molecule is Cc1ncn(-c2ccc(C(=O)NC3CCN(c4nc(C#N)cc(C#N)c4F)C3)c(Cl)c2)n1. The second-order valence-corrected chi connectivity index (χ2v) is 7.63. The first-order chi connectivity index (χ1) is 15.4. The van der Waals surface area contributed by atoms with E-state index in [1.165, 1.54) is 0 Å². The molecule has 9 nitrogen and oxygen atoms in total. The van der Waals surface area contributed by atoms with Gasteiger partial charge in [-0.3, -0.25) is 4.79 Å². The maximum atomic E-state index is 14.6. The van der Waals surface area contributed by atoms with Crippen LogP contribution in [-0.2, 0) is 0 Å². The molecule has 1 aliphatic rings. The first-order valence-electron chi connectivity index (χ1n) is 9.64. The Hall–Kier alpha value is -4.02. The van der Waals surface area contributed by atoms with Gasteiger partial charge in [0, 0.05) is 19.1 Å². The number of carbonyl (C=O) groups is 1. The van der Waals surface area contributed by atoms with Gasteiger partial charge in [-0.1, -0.05) is 11.6 Å². The van der Waals surface area contributed by atoms with Gasteiger partial charge in [0.15, 0.2) is 11.6 Å². The molecule has 0 radical (unpaired) electrons. The third-order valence-electron chi connectivity index (χ3n) is 5.07. The number of aromatic nitrogens is 4. The highest BCUT2D eigenvalue weighted by Crippen LogP contribution is 2.25. The summed E-state index contributed by atoms with van der Waals surface area (Å²) in [5.74, 6) is -0.592. The zero-order chi connectivity index (χ0) is 22.8. The van der Waals surface area contributed by atoms with Gasteiger partial charge in [0.25, 0.3) is 5.91 Å². The molecule has 0 saturated carbocycles. The Morgan fingerprint density at radius 1 is 1.31 bits per heavy atom. The number of hydrogen-bond donors (Lipinski definition) is 1. The molecule has 1 aliphatic heterocycles. The van der Waals surface area contributed by atoms with E-state index in [-0.39, 0.29) is 40.6 Å². The van der Waals surface area contributed by atoms with Crippen molar-refractivity contribution in [3.05, 3.63) is 64.1 Å². The molecule has 1 N–H and O–H groups in total. The van der Waals surface area contributed by atoms with Crippen LogP contribution < -0.4 is 10.2 Å². The maximum absolute atomic E-state index is 14.6. The molecule has 0 spiro atoms. The molecular weight excluding hydrogens is 435 g/mol. The fourth-order valence-corrected chi connectivity index (χ4v) is 3.76. The van der Waals surface area contributed by atoms with Gasteiger partial charge in [-0.15, -0.1) is 0 Å². The Labute approximate surface area is 187 Å². The average Bonchev–Trinajstić information content (AvgIpc) is 3.42. The summed E-state index contributed by atoms with van der Waals surface area (Å²) in [6.07, 6.45) is 2.10. The number of pyridine rings is 1. The lowest BCUT2D eigenvalue weighted by atomic mass is 10.1. The summed E-state index contributed by atoms with van der Waals surface area (Å²) in [4.78, 5) is 22.4. The quantitative estimate of drug-likeness (QED) is 0.647. The molecular formula is C21H16ClFN8O. The van der Waals surface area contributed by atoms with Crippen molar-refractivity contribution in [1.82, 2.24) is 25.1 Å². The van der Waals surface area contributed by atoms with E-state index in [1.54, 1.807) is 47.1 Å². The lowest BCUT2D eigenvalue weighted by Crippen LogP contribution is -2.37. The Balaban J connectivity index is 1.47. The van der Waals surface area contributed by atoms with Gasteiger partial charge in [-0.05, 0) is 37.6 Å². The van der Waals surface area contributed by atoms with Crippen molar-refractivity contribution in [2.24, 2.45) is 0 Å². The number of rotatable bonds is 4. The van der Waals surface area contributed by atoms with E-state index in [1.807, 2.05) is 6.07 Å². The number of amides is 1. The fourth-order valence-electron chi connectivity index (χ4n) is 3.50. The van der Waals surface area contributed by atoms with Gasteiger partial charge in [0.1, 0.15) is 30.0 Å². The average molecular weight is 451 g/mol. The molecule has 3 aromatic rings. The van der Waals surface area contributed by atoms with Crippen LogP contribution in [0, 0.1) is 35.4 Å². The number of nitriles is 2. The molecule has 11 heteroatoms. The molecule has 1 unspecified atom stereocenters. The van der Waals surface area contributed by atoms with Crippen molar-refractivity contribution in [2.75, 3.05) is 18.0 Å². The summed E-state index contributed by atoms with van der Waals surface area (Å²) >= 11 is 6.32. The molecule has 32 heavy (non-hydrogen) atoms. The highest BCUT2D eigenvalue weighted by Gasteiger charge is 2.29. The van der Waals surface area contributed by atoms with E-state index in [0.29, 0.717) is 30.0 Å². The number of nitrogens with zero attached hydrogens (tertiary/aromatic N) is 7. The van der Waals surface area contributed by atoms with E-state index in [2.05, 4.69) is 20.4 Å². The maximum Gasteiger partial charge on any atom is 0.253 e. The zero-order valence-corrected chi connectivity index (χ0v) is 17.6. The van der Waals surface area contributed by atoms with Crippen LogP contribution >= 0.6 is 11.6 Å². The summed E-state index contributed by atoms with van der Waals surface area (Å²) in [5.41, 5.74) is 0.688. The van der Waals surface area contributed by atoms with Crippen molar-refractivity contribution in [1.29, 1.82) is 10.5 Å². The summed E-state index contributed by atoms with van der Waals surface area (Å²) in [7, 11) is 0. The van der Waals surface area contributed by atoms with Crippen molar-refractivity contribution < 1.29 is 9.18 Å². The molecule has 4 rings (SSSR count). The van der Waals surface area contributed by atoms with Crippen LogP contribution in [-0.4, -0.2) is 44.8 Å². The van der Waals surface area contributed by atoms with Gasteiger partial charge >= 0.3 is 0 Å². The highest BCUT2D eigenvalue weighted by molar-refractivity contribution is 6.34. The largest absolute Gasteiger partial charge is 0.352 e. The summed E-state index contributed by atoms with van der Waals surface area (Å²) in [6.45, 7) is 2.46. The summed E-state index contributed by atoms with van der Waals surface area (Å²) in [5, 5.41) is 25.6. The molecule has 0 aliphatic carbocycles. The van der Waals surface area contributed by atoms with E-state index in [4.69, 9.17) is 22.1 Å².